The molecule has 5 nitrogen and oxygen atoms in total. The van der Waals surface area contributed by atoms with Crippen molar-refractivity contribution in [3.05, 3.63) is 29.8 Å². The fourth-order valence-electron chi connectivity index (χ4n) is 5.61. The lowest BCUT2D eigenvalue weighted by molar-refractivity contribution is -0.135. The molecule has 3 amide bonds. The average Bonchev–Trinajstić information content (AvgIpc) is 2.87. The number of anilines is 1. The molecule has 2 aliphatic rings. The Morgan fingerprint density at radius 1 is 1.24 bits per heavy atom. The third kappa shape index (κ3) is 4.93. The fraction of sp³-hybridized carbons (Fsp3) is 0.667. The highest BCUT2D eigenvalue weighted by Gasteiger charge is 2.52. The molecular weight excluding hydrogens is 362 g/mol. The quantitative estimate of drug-likeness (QED) is 0.735. The molecule has 1 saturated carbocycles. The van der Waals surface area contributed by atoms with Crippen LogP contribution in [-0.4, -0.2) is 35.5 Å². The van der Waals surface area contributed by atoms with E-state index in [-0.39, 0.29) is 34.7 Å². The zero-order valence-corrected chi connectivity index (χ0v) is 18.8. The molecule has 1 aliphatic carbocycles. The molecule has 2 bridgehead atoms. The van der Waals surface area contributed by atoms with Crippen molar-refractivity contribution in [2.75, 3.05) is 11.9 Å². The number of amides is 3. The van der Waals surface area contributed by atoms with Crippen LogP contribution in [0.2, 0.25) is 0 Å². The zero-order chi connectivity index (χ0) is 21.4. The number of aryl methyl sites for hydroxylation is 1. The SMILES string of the molecule is CCC(C)C(NC(=O)Nc1cccc(C)c1)C(=O)N1CC2(C)CC1CC(C)(C)C2. The van der Waals surface area contributed by atoms with Gasteiger partial charge < -0.3 is 15.5 Å². The number of benzene rings is 1. The van der Waals surface area contributed by atoms with Gasteiger partial charge in [-0.05, 0) is 60.6 Å². The Bertz CT molecular complexity index is 775. The van der Waals surface area contributed by atoms with E-state index in [2.05, 4.69) is 43.2 Å². The van der Waals surface area contributed by atoms with E-state index in [1.54, 1.807) is 0 Å². The molecule has 0 aromatic heterocycles. The van der Waals surface area contributed by atoms with Gasteiger partial charge in [0.05, 0.1) is 0 Å². The van der Waals surface area contributed by atoms with E-state index < -0.39 is 6.04 Å². The maximum absolute atomic E-state index is 13.6. The average molecular weight is 400 g/mol. The number of carbonyl (C=O) groups excluding carboxylic acids is 2. The lowest BCUT2D eigenvalue weighted by atomic mass is 9.65. The number of likely N-dealkylation sites (tertiary alicyclic amines) is 1. The highest BCUT2D eigenvalue weighted by Crippen LogP contribution is 2.52. The summed E-state index contributed by atoms with van der Waals surface area (Å²) in [6.45, 7) is 13.8. The Kier molecular flexibility index (Phi) is 5.98. The first kappa shape index (κ1) is 21.7. The molecule has 1 aromatic rings. The van der Waals surface area contributed by atoms with Crippen molar-refractivity contribution in [1.82, 2.24) is 10.2 Å². The van der Waals surface area contributed by atoms with Crippen LogP contribution in [0.5, 0.6) is 0 Å². The second kappa shape index (κ2) is 8.00. The van der Waals surface area contributed by atoms with Crippen molar-refractivity contribution in [3.8, 4) is 0 Å². The van der Waals surface area contributed by atoms with Crippen LogP contribution in [0.1, 0.15) is 65.9 Å². The van der Waals surface area contributed by atoms with E-state index in [0.717, 1.165) is 43.5 Å². The van der Waals surface area contributed by atoms with Gasteiger partial charge in [-0.25, -0.2) is 4.79 Å². The van der Waals surface area contributed by atoms with E-state index in [0.29, 0.717) is 0 Å². The van der Waals surface area contributed by atoms with Crippen molar-refractivity contribution in [2.45, 2.75) is 79.3 Å². The number of rotatable bonds is 5. The standard InChI is InChI=1S/C24H37N3O2/c1-7-17(3)20(26-22(29)25-18-10-8-9-16(2)11-18)21(28)27-15-24(6)13-19(27)12-23(4,5)14-24/h8-11,17,19-20H,7,12-15H2,1-6H3,(H2,25,26,29). The summed E-state index contributed by atoms with van der Waals surface area (Å²) < 4.78 is 0. The fourth-order valence-corrected chi connectivity index (χ4v) is 5.61. The zero-order valence-electron chi connectivity index (χ0n) is 18.8. The van der Waals surface area contributed by atoms with E-state index in [4.69, 9.17) is 0 Å². The molecule has 5 heteroatoms. The summed E-state index contributed by atoms with van der Waals surface area (Å²) in [4.78, 5) is 28.3. The number of fused-ring (bicyclic) bond motifs is 2. The first-order chi connectivity index (χ1) is 13.5. The lowest BCUT2D eigenvalue weighted by Crippen LogP contribution is -2.54. The predicted molar refractivity (Wildman–Crippen MR) is 118 cm³/mol. The topological polar surface area (TPSA) is 61.4 Å². The van der Waals surface area contributed by atoms with Crippen molar-refractivity contribution in [2.24, 2.45) is 16.7 Å². The van der Waals surface area contributed by atoms with Crippen LogP contribution in [-0.2, 0) is 4.79 Å². The Balaban J connectivity index is 1.73. The third-order valence-corrected chi connectivity index (χ3v) is 6.74. The van der Waals surface area contributed by atoms with E-state index in [1.807, 2.05) is 38.1 Å². The highest BCUT2D eigenvalue weighted by molar-refractivity contribution is 5.94. The van der Waals surface area contributed by atoms with Crippen LogP contribution in [0.25, 0.3) is 0 Å². The summed E-state index contributed by atoms with van der Waals surface area (Å²) in [5.41, 5.74) is 2.27. The summed E-state index contributed by atoms with van der Waals surface area (Å²) >= 11 is 0. The first-order valence-corrected chi connectivity index (χ1v) is 11.0. The van der Waals surface area contributed by atoms with Crippen LogP contribution in [0.3, 0.4) is 0 Å². The molecule has 160 valence electrons. The van der Waals surface area contributed by atoms with Gasteiger partial charge >= 0.3 is 6.03 Å². The Hall–Kier alpha value is -2.04. The summed E-state index contributed by atoms with van der Waals surface area (Å²) in [5, 5.41) is 5.87. The molecule has 1 aliphatic heterocycles. The van der Waals surface area contributed by atoms with Gasteiger partial charge in [0.15, 0.2) is 0 Å². The summed E-state index contributed by atoms with van der Waals surface area (Å²) in [5.74, 6) is 0.150. The smallest absolute Gasteiger partial charge is 0.319 e. The van der Waals surface area contributed by atoms with Gasteiger partial charge in [0.25, 0.3) is 0 Å². The molecule has 3 rings (SSSR count). The van der Waals surface area contributed by atoms with E-state index in [9.17, 15) is 9.59 Å². The molecule has 4 atom stereocenters. The van der Waals surface area contributed by atoms with Crippen LogP contribution in [0.15, 0.2) is 24.3 Å². The van der Waals surface area contributed by atoms with Gasteiger partial charge in [0.2, 0.25) is 5.91 Å². The monoisotopic (exact) mass is 399 g/mol. The Morgan fingerprint density at radius 2 is 1.97 bits per heavy atom. The molecule has 0 radical (unpaired) electrons. The minimum absolute atomic E-state index is 0.0742. The number of urea groups is 1. The Labute approximate surface area is 175 Å². The molecule has 1 aromatic carbocycles. The van der Waals surface area contributed by atoms with Crippen molar-refractivity contribution >= 4 is 17.6 Å². The number of nitrogens with one attached hydrogen (secondary N) is 2. The van der Waals surface area contributed by atoms with Gasteiger partial charge in [0.1, 0.15) is 6.04 Å². The summed E-state index contributed by atoms with van der Waals surface area (Å²) in [6, 6.07) is 7.14. The van der Waals surface area contributed by atoms with Crippen molar-refractivity contribution in [3.63, 3.8) is 0 Å². The second-order valence-electron chi connectivity index (χ2n) is 10.5. The third-order valence-electron chi connectivity index (χ3n) is 6.74. The minimum Gasteiger partial charge on any atom is -0.337 e. The summed E-state index contributed by atoms with van der Waals surface area (Å²) in [7, 11) is 0. The second-order valence-corrected chi connectivity index (χ2v) is 10.5. The largest absolute Gasteiger partial charge is 0.337 e. The summed E-state index contributed by atoms with van der Waals surface area (Å²) in [6.07, 6.45) is 4.10. The number of carbonyl (C=O) groups is 2. The van der Waals surface area contributed by atoms with Crippen LogP contribution >= 0.6 is 0 Å². The van der Waals surface area contributed by atoms with Crippen LogP contribution in [0, 0.1) is 23.7 Å². The maximum atomic E-state index is 13.6. The molecular formula is C24H37N3O2. The van der Waals surface area contributed by atoms with E-state index in [1.165, 1.54) is 0 Å². The molecule has 1 heterocycles. The molecule has 1 saturated heterocycles. The number of nitrogens with zero attached hydrogens (tertiary/aromatic N) is 1. The van der Waals surface area contributed by atoms with Gasteiger partial charge in [0, 0.05) is 18.3 Å². The molecule has 4 unspecified atom stereocenters. The van der Waals surface area contributed by atoms with Gasteiger partial charge in [-0.2, -0.15) is 0 Å². The molecule has 29 heavy (non-hydrogen) atoms. The van der Waals surface area contributed by atoms with Gasteiger partial charge in [-0.15, -0.1) is 0 Å². The number of hydrogen-bond acceptors (Lipinski definition) is 2. The Morgan fingerprint density at radius 3 is 2.62 bits per heavy atom. The molecule has 2 fully saturated rings. The van der Waals surface area contributed by atoms with E-state index >= 15 is 0 Å². The van der Waals surface area contributed by atoms with Crippen LogP contribution in [0.4, 0.5) is 10.5 Å². The van der Waals surface area contributed by atoms with Gasteiger partial charge in [-0.1, -0.05) is 53.2 Å². The van der Waals surface area contributed by atoms with Crippen molar-refractivity contribution in [1.29, 1.82) is 0 Å². The van der Waals surface area contributed by atoms with Crippen molar-refractivity contribution < 1.29 is 9.59 Å². The lowest BCUT2D eigenvalue weighted by Gasteiger charge is -2.39. The highest BCUT2D eigenvalue weighted by atomic mass is 16.2. The maximum Gasteiger partial charge on any atom is 0.319 e. The normalized spacial score (nSPS) is 27.2. The molecule has 2 N–H and O–H groups in total. The number of hydrogen-bond donors (Lipinski definition) is 2. The predicted octanol–water partition coefficient (Wildman–Crippen LogP) is 4.96. The molecule has 0 spiro atoms. The van der Waals surface area contributed by atoms with Crippen LogP contribution < -0.4 is 10.6 Å². The first-order valence-electron chi connectivity index (χ1n) is 11.0. The van der Waals surface area contributed by atoms with Gasteiger partial charge in [-0.3, -0.25) is 4.79 Å². The minimum atomic E-state index is -0.504.